The molecule has 0 aliphatic carbocycles. The van der Waals surface area contributed by atoms with Crippen LogP contribution in [0.15, 0.2) is 71.9 Å². The lowest BCUT2D eigenvalue weighted by Gasteiger charge is -2.09. The molecule has 0 N–H and O–H groups in total. The lowest BCUT2D eigenvalue weighted by Crippen LogP contribution is -2.13. The second-order valence-electron chi connectivity index (χ2n) is 4.67. The van der Waals surface area contributed by atoms with Crippen LogP contribution >= 0.6 is 0 Å². The number of rotatable bonds is 4. The van der Waals surface area contributed by atoms with Crippen LogP contribution in [0.2, 0.25) is 0 Å². The maximum atomic E-state index is 12.7. The van der Waals surface area contributed by atoms with Gasteiger partial charge in [0, 0.05) is 30.1 Å². The zero-order valence-corrected chi connectivity index (χ0v) is 12.6. The maximum Gasteiger partial charge on any atom is 0.269 e. The maximum absolute atomic E-state index is 12.7. The van der Waals surface area contributed by atoms with Crippen molar-refractivity contribution in [1.82, 2.24) is 8.96 Å². The summed E-state index contributed by atoms with van der Waals surface area (Å²) in [7, 11) is -3.89. The third-order valence-electron chi connectivity index (χ3n) is 3.24. The van der Waals surface area contributed by atoms with E-state index in [2.05, 4.69) is 4.98 Å². The highest BCUT2D eigenvalue weighted by Gasteiger charge is 2.21. The molecule has 0 bridgehead atoms. The van der Waals surface area contributed by atoms with Crippen molar-refractivity contribution >= 4 is 15.7 Å². The molecule has 0 unspecified atom stereocenters. The minimum Gasteiger partial charge on any atom is -0.258 e. The van der Waals surface area contributed by atoms with E-state index in [1.54, 1.807) is 24.3 Å². The van der Waals surface area contributed by atoms with Gasteiger partial charge < -0.3 is 0 Å². The zero-order chi connectivity index (χ0) is 16.4. The van der Waals surface area contributed by atoms with Gasteiger partial charge in [-0.3, -0.25) is 10.1 Å². The largest absolute Gasteiger partial charge is 0.269 e. The molecule has 116 valence electrons. The summed E-state index contributed by atoms with van der Waals surface area (Å²) in [4.78, 5) is 14.1. The predicted octanol–water partition coefficient (Wildman–Crippen LogP) is 2.70. The standard InChI is InChI=1S/C15H11N3O4S/c19-18(20)13-6-8-14(9-7-13)23(21,22)17-11-10-16-15(17)12-4-2-1-3-5-12/h1-11H. The molecular formula is C15H11N3O4S. The van der Waals surface area contributed by atoms with E-state index in [4.69, 9.17) is 0 Å². The first-order valence-electron chi connectivity index (χ1n) is 6.59. The summed E-state index contributed by atoms with van der Waals surface area (Å²) in [6.07, 6.45) is 2.74. The summed E-state index contributed by atoms with van der Waals surface area (Å²) in [6, 6.07) is 13.6. The topological polar surface area (TPSA) is 95.1 Å². The Hall–Kier alpha value is -3.00. The minimum absolute atomic E-state index is 0.0433. The highest BCUT2D eigenvalue weighted by atomic mass is 32.2. The molecule has 0 fully saturated rings. The van der Waals surface area contributed by atoms with E-state index < -0.39 is 14.9 Å². The van der Waals surface area contributed by atoms with Gasteiger partial charge in [0.15, 0.2) is 5.82 Å². The lowest BCUT2D eigenvalue weighted by atomic mass is 10.2. The van der Waals surface area contributed by atoms with E-state index in [9.17, 15) is 18.5 Å². The van der Waals surface area contributed by atoms with E-state index in [0.29, 0.717) is 5.56 Å². The Morgan fingerprint density at radius 3 is 2.26 bits per heavy atom. The molecule has 0 saturated heterocycles. The average molecular weight is 329 g/mol. The third-order valence-corrected chi connectivity index (χ3v) is 4.92. The van der Waals surface area contributed by atoms with Crippen molar-refractivity contribution in [2.24, 2.45) is 0 Å². The molecule has 3 rings (SSSR count). The van der Waals surface area contributed by atoms with Gasteiger partial charge in [0.05, 0.1) is 9.82 Å². The molecule has 0 saturated carbocycles. The molecule has 0 aliphatic heterocycles. The first-order valence-corrected chi connectivity index (χ1v) is 8.03. The van der Waals surface area contributed by atoms with Crippen molar-refractivity contribution in [3.63, 3.8) is 0 Å². The number of aromatic nitrogens is 2. The van der Waals surface area contributed by atoms with Gasteiger partial charge in [0.25, 0.3) is 15.7 Å². The fourth-order valence-electron chi connectivity index (χ4n) is 2.13. The molecule has 0 radical (unpaired) electrons. The van der Waals surface area contributed by atoms with Crippen LogP contribution in [-0.2, 0) is 10.0 Å². The highest BCUT2D eigenvalue weighted by molar-refractivity contribution is 7.90. The van der Waals surface area contributed by atoms with E-state index in [1.165, 1.54) is 24.5 Å². The van der Waals surface area contributed by atoms with Gasteiger partial charge >= 0.3 is 0 Å². The lowest BCUT2D eigenvalue weighted by molar-refractivity contribution is -0.384. The second kappa shape index (κ2) is 5.65. The summed E-state index contributed by atoms with van der Waals surface area (Å²) >= 11 is 0. The van der Waals surface area contributed by atoms with Crippen molar-refractivity contribution in [3.05, 3.63) is 77.1 Å². The molecule has 0 aliphatic rings. The van der Waals surface area contributed by atoms with Crippen molar-refractivity contribution in [2.75, 3.05) is 0 Å². The summed E-state index contributed by atoms with van der Waals surface area (Å²) < 4.78 is 26.5. The molecule has 1 heterocycles. The smallest absolute Gasteiger partial charge is 0.258 e. The average Bonchev–Trinajstić information content (AvgIpc) is 3.06. The van der Waals surface area contributed by atoms with Crippen LogP contribution in [0, 0.1) is 10.1 Å². The molecule has 0 spiro atoms. The Balaban J connectivity index is 2.08. The number of non-ortho nitro benzene ring substituents is 1. The quantitative estimate of drug-likeness (QED) is 0.542. The van der Waals surface area contributed by atoms with Crippen LogP contribution in [0.5, 0.6) is 0 Å². The van der Waals surface area contributed by atoms with Gasteiger partial charge in [0.2, 0.25) is 0 Å². The van der Waals surface area contributed by atoms with Crippen molar-refractivity contribution in [1.29, 1.82) is 0 Å². The van der Waals surface area contributed by atoms with Crippen LogP contribution in [0.4, 0.5) is 5.69 Å². The summed E-state index contributed by atoms with van der Waals surface area (Å²) in [5.41, 5.74) is 0.487. The monoisotopic (exact) mass is 329 g/mol. The number of nitrogens with zero attached hydrogens (tertiary/aromatic N) is 3. The third kappa shape index (κ3) is 2.71. The Morgan fingerprint density at radius 1 is 1.00 bits per heavy atom. The SMILES string of the molecule is O=[N+]([O-])c1ccc(S(=O)(=O)n2ccnc2-c2ccccc2)cc1. The van der Waals surface area contributed by atoms with E-state index >= 15 is 0 Å². The van der Waals surface area contributed by atoms with Gasteiger partial charge in [-0.25, -0.2) is 17.4 Å². The molecular weight excluding hydrogens is 318 g/mol. The molecule has 7 nitrogen and oxygen atoms in total. The molecule has 23 heavy (non-hydrogen) atoms. The van der Waals surface area contributed by atoms with Gasteiger partial charge in [0.1, 0.15) is 0 Å². The molecule has 0 atom stereocenters. The number of benzene rings is 2. The van der Waals surface area contributed by atoms with Crippen LogP contribution in [-0.4, -0.2) is 22.3 Å². The molecule has 8 heteroatoms. The van der Waals surface area contributed by atoms with E-state index in [0.717, 1.165) is 16.1 Å². The molecule has 0 amide bonds. The second-order valence-corrected chi connectivity index (χ2v) is 6.48. The Morgan fingerprint density at radius 2 is 1.65 bits per heavy atom. The predicted molar refractivity (Wildman–Crippen MR) is 83.3 cm³/mol. The minimum atomic E-state index is -3.89. The highest BCUT2D eigenvalue weighted by Crippen LogP contribution is 2.24. The Labute approximate surface area is 132 Å². The van der Waals surface area contributed by atoms with Gasteiger partial charge in [-0.1, -0.05) is 30.3 Å². The number of nitro groups is 1. The fourth-order valence-corrected chi connectivity index (χ4v) is 3.43. The van der Waals surface area contributed by atoms with Crippen LogP contribution < -0.4 is 0 Å². The summed E-state index contributed by atoms with van der Waals surface area (Å²) in [6.45, 7) is 0. The van der Waals surface area contributed by atoms with Crippen LogP contribution in [0.3, 0.4) is 0 Å². The van der Waals surface area contributed by atoms with Crippen LogP contribution in [0.1, 0.15) is 0 Å². The van der Waals surface area contributed by atoms with Gasteiger partial charge in [-0.05, 0) is 12.1 Å². The first-order chi connectivity index (χ1) is 11.0. The van der Waals surface area contributed by atoms with Crippen molar-refractivity contribution < 1.29 is 13.3 Å². The van der Waals surface area contributed by atoms with Gasteiger partial charge in [-0.15, -0.1) is 0 Å². The van der Waals surface area contributed by atoms with Crippen molar-refractivity contribution in [3.8, 4) is 11.4 Å². The number of hydrogen-bond donors (Lipinski definition) is 0. The van der Waals surface area contributed by atoms with Crippen LogP contribution in [0.25, 0.3) is 11.4 Å². The molecule has 2 aromatic carbocycles. The normalized spacial score (nSPS) is 11.3. The molecule has 3 aromatic rings. The number of imidazole rings is 1. The van der Waals surface area contributed by atoms with E-state index in [1.807, 2.05) is 6.07 Å². The van der Waals surface area contributed by atoms with E-state index in [-0.39, 0.29) is 16.4 Å². The van der Waals surface area contributed by atoms with Crippen molar-refractivity contribution in [2.45, 2.75) is 4.90 Å². The Bertz CT molecular complexity index is 948. The number of hydrogen-bond acceptors (Lipinski definition) is 5. The molecule has 1 aromatic heterocycles. The summed E-state index contributed by atoms with van der Waals surface area (Å²) in [5.74, 6) is 0.281. The first kappa shape index (κ1) is 14.9. The zero-order valence-electron chi connectivity index (χ0n) is 11.7. The fraction of sp³-hybridized carbons (Fsp3) is 0. The summed E-state index contributed by atoms with van der Waals surface area (Å²) in [5, 5.41) is 10.7. The number of nitro benzene ring substituents is 1. The Kier molecular flexibility index (Phi) is 3.67. The van der Waals surface area contributed by atoms with Gasteiger partial charge in [-0.2, -0.15) is 0 Å².